The Morgan fingerprint density at radius 1 is 1.37 bits per heavy atom. The number of nitrogens with one attached hydrogen (secondary N) is 2. The highest BCUT2D eigenvalue weighted by Gasteiger charge is 2.13. The van der Waals surface area contributed by atoms with Crippen molar-refractivity contribution in [2.45, 2.75) is 33.2 Å². The lowest BCUT2D eigenvalue weighted by Crippen LogP contribution is -2.19. The van der Waals surface area contributed by atoms with E-state index in [4.69, 9.17) is 4.74 Å². The molecular formula is C16H26N2O. The lowest BCUT2D eigenvalue weighted by molar-refractivity contribution is 0.403. The maximum atomic E-state index is 5.51. The third-order valence-corrected chi connectivity index (χ3v) is 3.91. The first-order valence-electron chi connectivity index (χ1n) is 7.26. The molecule has 0 saturated carbocycles. The Balaban J connectivity index is 1.84. The molecule has 1 unspecified atom stereocenters. The minimum atomic E-state index is 0.855. The third kappa shape index (κ3) is 3.95. The molecule has 19 heavy (non-hydrogen) atoms. The van der Waals surface area contributed by atoms with E-state index in [-0.39, 0.29) is 0 Å². The Morgan fingerprint density at radius 2 is 2.21 bits per heavy atom. The zero-order valence-electron chi connectivity index (χ0n) is 12.4. The monoisotopic (exact) mass is 262 g/mol. The van der Waals surface area contributed by atoms with Crippen LogP contribution >= 0.6 is 0 Å². The van der Waals surface area contributed by atoms with Gasteiger partial charge in [-0.1, -0.05) is 17.7 Å². The van der Waals surface area contributed by atoms with Gasteiger partial charge < -0.3 is 15.4 Å². The van der Waals surface area contributed by atoms with E-state index in [2.05, 4.69) is 36.6 Å². The lowest BCUT2D eigenvalue weighted by atomic mass is 10.0. The second-order valence-corrected chi connectivity index (χ2v) is 5.60. The summed E-state index contributed by atoms with van der Waals surface area (Å²) < 4.78 is 5.51. The topological polar surface area (TPSA) is 33.3 Å². The molecule has 1 aromatic rings. The molecule has 0 bridgehead atoms. The first-order chi connectivity index (χ1) is 9.20. The largest absolute Gasteiger partial charge is 0.496 e. The molecule has 0 amide bonds. The molecule has 0 spiro atoms. The number of ether oxygens (including phenoxy) is 1. The quantitative estimate of drug-likeness (QED) is 0.772. The predicted molar refractivity (Wildman–Crippen MR) is 79.8 cm³/mol. The van der Waals surface area contributed by atoms with Gasteiger partial charge in [-0.15, -0.1) is 0 Å². The standard InChI is InChI=1S/C16H26N2O/c1-12-8-13(2)16(19-3)15(9-12)11-18-7-5-14-4-6-17-10-14/h8-9,14,17-18H,4-7,10-11H2,1-3H3. The summed E-state index contributed by atoms with van der Waals surface area (Å²) in [5.41, 5.74) is 3.79. The van der Waals surface area contributed by atoms with Crippen molar-refractivity contribution in [3.63, 3.8) is 0 Å². The minimum Gasteiger partial charge on any atom is -0.496 e. The van der Waals surface area contributed by atoms with Gasteiger partial charge in [-0.2, -0.15) is 0 Å². The van der Waals surface area contributed by atoms with Gasteiger partial charge in [0, 0.05) is 12.1 Å². The average molecular weight is 262 g/mol. The highest BCUT2D eigenvalue weighted by Crippen LogP contribution is 2.24. The average Bonchev–Trinajstić information content (AvgIpc) is 2.87. The molecule has 3 nitrogen and oxygen atoms in total. The van der Waals surface area contributed by atoms with Crippen LogP contribution in [-0.2, 0) is 6.54 Å². The number of rotatable bonds is 6. The fourth-order valence-electron chi connectivity index (χ4n) is 2.96. The van der Waals surface area contributed by atoms with Gasteiger partial charge in [0.2, 0.25) is 0 Å². The molecule has 1 aromatic carbocycles. The zero-order valence-corrected chi connectivity index (χ0v) is 12.4. The van der Waals surface area contributed by atoms with Gasteiger partial charge in [-0.05, 0) is 57.8 Å². The van der Waals surface area contributed by atoms with Crippen LogP contribution in [0.1, 0.15) is 29.5 Å². The maximum Gasteiger partial charge on any atom is 0.126 e. The molecular weight excluding hydrogens is 236 g/mol. The van der Waals surface area contributed by atoms with E-state index in [0.717, 1.165) is 24.8 Å². The number of hydrogen-bond acceptors (Lipinski definition) is 3. The second-order valence-electron chi connectivity index (χ2n) is 5.60. The van der Waals surface area contributed by atoms with Gasteiger partial charge >= 0.3 is 0 Å². The Labute approximate surface area is 116 Å². The van der Waals surface area contributed by atoms with Crippen LogP contribution in [0.15, 0.2) is 12.1 Å². The second kappa shape index (κ2) is 6.92. The fourth-order valence-corrected chi connectivity index (χ4v) is 2.96. The highest BCUT2D eigenvalue weighted by molar-refractivity contribution is 5.43. The van der Waals surface area contributed by atoms with E-state index in [9.17, 15) is 0 Å². The number of aryl methyl sites for hydroxylation is 2. The van der Waals surface area contributed by atoms with Crippen LogP contribution in [0.25, 0.3) is 0 Å². The molecule has 1 saturated heterocycles. The lowest BCUT2D eigenvalue weighted by Gasteiger charge is -2.14. The van der Waals surface area contributed by atoms with Crippen molar-refractivity contribution >= 4 is 0 Å². The van der Waals surface area contributed by atoms with Crippen molar-refractivity contribution in [1.82, 2.24) is 10.6 Å². The molecule has 2 rings (SSSR count). The van der Waals surface area contributed by atoms with Crippen molar-refractivity contribution < 1.29 is 4.74 Å². The molecule has 1 fully saturated rings. The highest BCUT2D eigenvalue weighted by atomic mass is 16.5. The van der Waals surface area contributed by atoms with Crippen LogP contribution in [0.2, 0.25) is 0 Å². The summed E-state index contributed by atoms with van der Waals surface area (Å²) >= 11 is 0. The molecule has 0 aromatic heterocycles. The van der Waals surface area contributed by atoms with E-state index in [1.54, 1.807) is 7.11 Å². The van der Waals surface area contributed by atoms with Crippen molar-refractivity contribution in [3.05, 3.63) is 28.8 Å². The van der Waals surface area contributed by atoms with Crippen LogP contribution < -0.4 is 15.4 Å². The van der Waals surface area contributed by atoms with Gasteiger partial charge in [0.05, 0.1) is 7.11 Å². The molecule has 0 radical (unpaired) electrons. The first-order valence-corrected chi connectivity index (χ1v) is 7.26. The summed E-state index contributed by atoms with van der Waals surface area (Å²) in [6.07, 6.45) is 2.59. The van der Waals surface area contributed by atoms with Crippen molar-refractivity contribution in [3.8, 4) is 5.75 Å². The van der Waals surface area contributed by atoms with Crippen LogP contribution in [0.3, 0.4) is 0 Å². The molecule has 1 heterocycles. The van der Waals surface area contributed by atoms with Gasteiger partial charge in [-0.25, -0.2) is 0 Å². The van der Waals surface area contributed by atoms with Gasteiger partial charge in [0.15, 0.2) is 0 Å². The van der Waals surface area contributed by atoms with Crippen LogP contribution in [-0.4, -0.2) is 26.7 Å². The Morgan fingerprint density at radius 3 is 2.89 bits per heavy atom. The Bertz CT molecular complexity index is 411. The molecule has 106 valence electrons. The van der Waals surface area contributed by atoms with E-state index in [0.29, 0.717) is 0 Å². The van der Waals surface area contributed by atoms with E-state index in [1.165, 1.54) is 42.6 Å². The van der Waals surface area contributed by atoms with Crippen molar-refractivity contribution in [1.29, 1.82) is 0 Å². The minimum absolute atomic E-state index is 0.855. The smallest absolute Gasteiger partial charge is 0.126 e. The van der Waals surface area contributed by atoms with Gasteiger partial charge in [0.25, 0.3) is 0 Å². The SMILES string of the molecule is COc1c(C)cc(C)cc1CNCCC1CCNC1. The van der Waals surface area contributed by atoms with Crippen molar-refractivity contribution in [2.24, 2.45) is 5.92 Å². The molecule has 1 aliphatic rings. The zero-order chi connectivity index (χ0) is 13.7. The van der Waals surface area contributed by atoms with Crippen LogP contribution in [0, 0.1) is 19.8 Å². The van der Waals surface area contributed by atoms with Crippen molar-refractivity contribution in [2.75, 3.05) is 26.7 Å². The molecule has 1 aliphatic heterocycles. The Kier molecular flexibility index (Phi) is 5.23. The maximum absolute atomic E-state index is 5.51. The summed E-state index contributed by atoms with van der Waals surface area (Å²) in [5.74, 6) is 1.88. The van der Waals surface area contributed by atoms with Crippen LogP contribution in [0.4, 0.5) is 0 Å². The van der Waals surface area contributed by atoms with Gasteiger partial charge in [-0.3, -0.25) is 0 Å². The summed E-state index contributed by atoms with van der Waals surface area (Å²) in [7, 11) is 1.76. The molecule has 3 heteroatoms. The summed E-state index contributed by atoms with van der Waals surface area (Å²) in [5, 5.41) is 6.97. The molecule has 1 atom stereocenters. The summed E-state index contributed by atoms with van der Waals surface area (Å²) in [6, 6.07) is 4.39. The number of methoxy groups -OCH3 is 1. The van der Waals surface area contributed by atoms with Crippen LogP contribution in [0.5, 0.6) is 5.75 Å². The van der Waals surface area contributed by atoms with Gasteiger partial charge in [0.1, 0.15) is 5.75 Å². The third-order valence-electron chi connectivity index (χ3n) is 3.91. The Hall–Kier alpha value is -1.06. The normalized spacial score (nSPS) is 18.8. The number of benzene rings is 1. The molecule has 2 N–H and O–H groups in total. The fraction of sp³-hybridized carbons (Fsp3) is 0.625. The number of hydrogen-bond donors (Lipinski definition) is 2. The van der Waals surface area contributed by atoms with E-state index < -0.39 is 0 Å². The predicted octanol–water partition coefficient (Wildman–Crippen LogP) is 2.40. The van der Waals surface area contributed by atoms with E-state index >= 15 is 0 Å². The summed E-state index contributed by atoms with van der Waals surface area (Å²) in [4.78, 5) is 0. The summed E-state index contributed by atoms with van der Waals surface area (Å²) in [6.45, 7) is 8.61. The molecule has 0 aliphatic carbocycles. The van der Waals surface area contributed by atoms with E-state index in [1.807, 2.05) is 0 Å². The first kappa shape index (κ1) is 14.4.